The molecule has 0 aliphatic heterocycles. The van der Waals surface area contributed by atoms with Crippen molar-refractivity contribution in [1.29, 1.82) is 0 Å². The van der Waals surface area contributed by atoms with Gasteiger partial charge in [-0.1, -0.05) is 35.8 Å². The third-order valence-corrected chi connectivity index (χ3v) is 8.91. The lowest BCUT2D eigenvalue weighted by Crippen LogP contribution is -2.22. The average Bonchev–Trinajstić information content (AvgIpc) is 3.48. The highest BCUT2D eigenvalue weighted by atomic mass is 32.1. The molecule has 0 spiro atoms. The first-order valence-electron chi connectivity index (χ1n) is 9.16. The summed E-state index contributed by atoms with van der Waals surface area (Å²) in [5, 5.41) is 4.24. The summed E-state index contributed by atoms with van der Waals surface area (Å²) in [6.45, 7) is 0. The third kappa shape index (κ3) is 3.88. The van der Waals surface area contributed by atoms with Gasteiger partial charge in [0, 0.05) is 31.3 Å². The molecule has 1 aliphatic rings. The van der Waals surface area contributed by atoms with Gasteiger partial charge in [-0.15, -0.1) is 45.3 Å². The van der Waals surface area contributed by atoms with Crippen molar-refractivity contribution >= 4 is 45.3 Å². The Morgan fingerprint density at radius 2 is 1.11 bits per heavy atom. The molecule has 4 heterocycles. The zero-order valence-corrected chi connectivity index (χ0v) is 18.2. The lowest BCUT2D eigenvalue weighted by Gasteiger charge is -2.28. The van der Waals surface area contributed by atoms with Gasteiger partial charge in [-0.05, 0) is 60.0 Å². The fourth-order valence-electron chi connectivity index (χ4n) is 3.09. The Kier molecular flexibility index (Phi) is 5.21. The van der Waals surface area contributed by atoms with Crippen LogP contribution in [0.4, 0.5) is 0 Å². The molecule has 0 radical (unpaired) electrons. The molecule has 0 aromatic carbocycles. The molecule has 0 nitrogen and oxygen atoms in total. The van der Waals surface area contributed by atoms with Crippen LogP contribution in [0.2, 0.25) is 0 Å². The van der Waals surface area contributed by atoms with Crippen molar-refractivity contribution in [2.24, 2.45) is 11.8 Å². The Bertz CT molecular complexity index is 1080. The summed E-state index contributed by atoms with van der Waals surface area (Å²) < 4.78 is 0. The van der Waals surface area contributed by atoms with Gasteiger partial charge >= 0.3 is 0 Å². The second-order valence-electron chi connectivity index (χ2n) is 6.61. The first-order chi connectivity index (χ1) is 13.8. The molecule has 4 aromatic rings. The van der Waals surface area contributed by atoms with Crippen LogP contribution in [0.1, 0.15) is 22.6 Å². The molecule has 1 saturated carbocycles. The highest BCUT2D eigenvalue weighted by Gasteiger charge is 2.27. The molecule has 136 valence electrons. The summed E-state index contributed by atoms with van der Waals surface area (Å²) in [4.78, 5) is 7.57. The summed E-state index contributed by atoms with van der Waals surface area (Å²) in [6.07, 6.45) is 2.33. The zero-order chi connectivity index (χ0) is 18.8. The van der Waals surface area contributed by atoms with Crippen molar-refractivity contribution in [2.45, 2.75) is 12.8 Å². The van der Waals surface area contributed by atoms with E-state index in [9.17, 15) is 0 Å². The topological polar surface area (TPSA) is 0 Å². The van der Waals surface area contributed by atoms with E-state index >= 15 is 0 Å². The number of hydrogen-bond donors (Lipinski definition) is 0. The minimum atomic E-state index is 0.413. The van der Waals surface area contributed by atoms with Gasteiger partial charge in [-0.2, -0.15) is 0 Å². The summed E-state index contributed by atoms with van der Waals surface area (Å²) in [7, 11) is 0. The maximum atomic E-state index is 3.47. The van der Waals surface area contributed by atoms with Crippen LogP contribution < -0.4 is 0 Å². The third-order valence-electron chi connectivity index (χ3n) is 4.78. The Morgan fingerprint density at radius 1 is 0.607 bits per heavy atom. The van der Waals surface area contributed by atoms with Crippen LogP contribution in [-0.2, 0) is 0 Å². The van der Waals surface area contributed by atoms with Gasteiger partial charge in [0.05, 0.1) is 9.75 Å². The number of hydrogen-bond acceptors (Lipinski definition) is 4. The highest BCUT2D eigenvalue weighted by molar-refractivity contribution is 7.22. The van der Waals surface area contributed by atoms with Crippen molar-refractivity contribution in [1.82, 2.24) is 0 Å². The van der Waals surface area contributed by atoms with E-state index in [-0.39, 0.29) is 0 Å². The summed E-state index contributed by atoms with van der Waals surface area (Å²) in [5.74, 6) is 14.6. The number of rotatable bonds is 2. The van der Waals surface area contributed by atoms with Crippen molar-refractivity contribution in [2.75, 3.05) is 0 Å². The fraction of sp³-hybridized carbons (Fsp3) is 0.167. The molecule has 0 N–H and O–H groups in total. The molecule has 0 amide bonds. The van der Waals surface area contributed by atoms with Crippen LogP contribution in [0.5, 0.6) is 0 Å². The van der Waals surface area contributed by atoms with Crippen LogP contribution in [0.3, 0.4) is 0 Å². The Morgan fingerprint density at radius 3 is 1.50 bits per heavy atom. The maximum absolute atomic E-state index is 3.47. The Hall–Kier alpha value is -2.08. The van der Waals surface area contributed by atoms with E-state index < -0.39 is 0 Å². The van der Waals surface area contributed by atoms with Crippen LogP contribution in [-0.4, -0.2) is 0 Å². The Balaban J connectivity index is 1.25. The molecule has 5 rings (SSSR count). The molecule has 4 aromatic heterocycles. The lowest BCUT2D eigenvalue weighted by atomic mass is 9.74. The lowest BCUT2D eigenvalue weighted by molar-refractivity contribution is 0.310. The van der Waals surface area contributed by atoms with E-state index in [4.69, 9.17) is 0 Å². The van der Waals surface area contributed by atoms with E-state index in [1.165, 1.54) is 32.4 Å². The molecule has 2 atom stereocenters. The maximum Gasteiger partial charge on any atom is 0.0775 e. The van der Waals surface area contributed by atoms with E-state index in [0.29, 0.717) is 11.8 Å². The van der Waals surface area contributed by atoms with Crippen LogP contribution in [0.15, 0.2) is 59.3 Å². The predicted octanol–water partition coefficient (Wildman–Crippen LogP) is 7.70. The molecular formula is C24H16S4. The second kappa shape index (κ2) is 8.11. The van der Waals surface area contributed by atoms with Gasteiger partial charge in [-0.3, -0.25) is 0 Å². The summed E-state index contributed by atoms with van der Waals surface area (Å²) >= 11 is 7.13. The highest BCUT2D eigenvalue weighted by Crippen LogP contribution is 2.35. The zero-order valence-electron chi connectivity index (χ0n) is 15.0. The van der Waals surface area contributed by atoms with Crippen molar-refractivity contribution in [3.8, 4) is 43.2 Å². The van der Waals surface area contributed by atoms with E-state index in [1.54, 1.807) is 45.3 Å². The van der Waals surface area contributed by atoms with Crippen molar-refractivity contribution in [3.63, 3.8) is 0 Å². The second-order valence-corrected chi connectivity index (χ2v) is 10.7. The van der Waals surface area contributed by atoms with Crippen LogP contribution >= 0.6 is 45.3 Å². The Labute approximate surface area is 181 Å². The van der Waals surface area contributed by atoms with Gasteiger partial charge in [0.25, 0.3) is 0 Å². The van der Waals surface area contributed by atoms with E-state index in [0.717, 1.165) is 9.75 Å². The largest absolute Gasteiger partial charge is 0.143 e. The van der Waals surface area contributed by atoms with Crippen LogP contribution in [0, 0.1) is 35.5 Å². The smallest absolute Gasteiger partial charge is 0.0775 e. The average molecular weight is 433 g/mol. The first-order valence-corrected chi connectivity index (χ1v) is 12.5. The number of thiophene rings is 4. The van der Waals surface area contributed by atoms with Gasteiger partial charge in [0.2, 0.25) is 0 Å². The standard InChI is InChI=1S/C24H16S4/c1-3-21(25-15-1)23-13-11-19(27-23)9-7-17-5-6-18(17)8-10-20-12-14-24(28-20)22-4-2-16-26-22/h1-4,11-18H,5-6H2/t17-,18-/m0/s1. The summed E-state index contributed by atoms with van der Waals surface area (Å²) in [6, 6.07) is 17.2. The summed E-state index contributed by atoms with van der Waals surface area (Å²) in [5.41, 5.74) is 0. The minimum Gasteiger partial charge on any atom is -0.143 e. The van der Waals surface area contributed by atoms with Crippen molar-refractivity contribution in [3.05, 3.63) is 69.0 Å². The van der Waals surface area contributed by atoms with Crippen LogP contribution in [0.25, 0.3) is 19.5 Å². The van der Waals surface area contributed by atoms with Gasteiger partial charge in [-0.25, -0.2) is 0 Å². The minimum absolute atomic E-state index is 0.413. The van der Waals surface area contributed by atoms with Crippen molar-refractivity contribution < 1.29 is 0 Å². The first kappa shape index (κ1) is 18.0. The normalized spacial score (nSPS) is 17.9. The molecule has 1 fully saturated rings. The molecular weight excluding hydrogens is 417 g/mol. The quantitative estimate of drug-likeness (QED) is 0.285. The SMILES string of the molecule is C(#C[C@@H]1CC[C@H]1C#Cc1ccc(-c2cccs2)s1)c1ccc(-c2cccs2)s1. The van der Waals surface area contributed by atoms with Gasteiger partial charge in [0.1, 0.15) is 0 Å². The molecule has 28 heavy (non-hydrogen) atoms. The molecule has 0 unspecified atom stereocenters. The molecule has 0 saturated heterocycles. The predicted molar refractivity (Wildman–Crippen MR) is 125 cm³/mol. The fourth-order valence-corrected chi connectivity index (χ4v) is 6.49. The molecule has 0 bridgehead atoms. The monoisotopic (exact) mass is 432 g/mol. The molecule has 1 aliphatic carbocycles. The van der Waals surface area contributed by atoms with Gasteiger partial charge < -0.3 is 0 Å². The van der Waals surface area contributed by atoms with E-state index in [2.05, 4.69) is 83.0 Å². The molecule has 4 heteroatoms. The van der Waals surface area contributed by atoms with Gasteiger partial charge in [0.15, 0.2) is 0 Å². The van der Waals surface area contributed by atoms with E-state index in [1.807, 2.05) is 0 Å².